The second kappa shape index (κ2) is 7.17. The summed E-state index contributed by atoms with van der Waals surface area (Å²) in [5.74, 6) is -0.0145. The van der Waals surface area contributed by atoms with Gasteiger partial charge >= 0.3 is 0 Å². The first-order valence-corrected chi connectivity index (χ1v) is 7.60. The van der Waals surface area contributed by atoms with Gasteiger partial charge in [-0.25, -0.2) is 4.98 Å². The first-order valence-electron chi connectivity index (χ1n) is 6.72. The van der Waals surface area contributed by atoms with Gasteiger partial charge in [-0.15, -0.1) is 11.3 Å². The van der Waals surface area contributed by atoms with Crippen LogP contribution in [-0.2, 0) is 13.0 Å². The number of nitrogens with zero attached hydrogens (tertiary/aromatic N) is 2. The molecule has 0 atom stereocenters. The van der Waals surface area contributed by atoms with Gasteiger partial charge in [-0.05, 0) is 18.9 Å². The second-order valence-corrected chi connectivity index (χ2v) is 5.39. The Labute approximate surface area is 123 Å². The van der Waals surface area contributed by atoms with Gasteiger partial charge in [0.2, 0.25) is 0 Å². The molecule has 0 radical (unpaired) electrons. The lowest BCUT2D eigenvalue weighted by Crippen LogP contribution is -2.33. The van der Waals surface area contributed by atoms with Crippen LogP contribution in [0.25, 0.3) is 0 Å². The number of carbonyl (C=O) groups is 1. The molecule has 20 heavy (non-hydrogen) atoms. The Balaban J connectivity index is 1.98. The summed E-state index contributed by atoms with van der Waals surface area (Å²) in [5, 5.41) is 2.59. The van der Waals surface area contributed by atoms with Gasteiger partial charge in [0.1, 0.15) is 10.7 Å². The van der Waals surface area contributed by atoms with Crippen molar-refractivity contribution >= 4 is 17.2 Å². The summed E-state index contributed by atoms with van der Waals surface area (Å²) in [6.07, 6.45) is 0.855. The molecule has 4 nitrogen and oxygen atoms in total. The smallest absolute Gasteiger partial charge is 0.273 e. The number of likely N-dealkylation sites (N-methyl/N-ethyl adjacent to an activating group) is 1. The highest BCUT2D eigenvalue weighted by atomic mass is 32.1. The molecule has 0 saturated carbocycles. The number of carbonyl (C=O) groups excluding carboxylic acids is 1. The summed E-state index contributed by atoms with van der Waals surface area (Å²) in [7, 11) is 0. The van der Waals surface area contributed by atoms with Crippen LogP contribution in [0.2, 0.25) is 0 Å². The molecular weight excluding hydrogens is 270 g/mol. The van der Waals surface area contributed by atoms with E-state index < -0.39 is 0 Å². The van der Waals surface area contributed by atoms with Crippen molar-refractivity contribution in [3.63, 3.8) is 0 Å². The second-order valence-electron chi connectivity index (χ2n) is 4.45. The molecule has 2 rings (SSSR count). The lowest BCUT2D eigenvalue weighted by atomic mass is 10.1. The van der Waals surface area contributed by atoms with Crippen molar-refractivity contribution in [1.29, 1.82) is 0 Å². The third-order valence-electron chi connectivity index (χ3n) is 3.13. The number of hydrogen-bond donors (Lipinski definition) is 1. The first kappa shape index (κ1) is 14.7. The van der Waals surface area contributed by atoms with Crippen LogP contribution in [0.5, 0.6) is 0 Å². The van der Waals surface area contributed by atoms with Crippen molar-refractivity contribution in [2.45, 2.75) is 19.9 Å². The van der Waals surface area contributed by atoms with Gasteiger partial charge in [-0.1, -0.05) is 30.3 Å². The Kier molecular flexibility index (Phi) is 5.26. The Morgan fingerprint density at radius 3 is 2.70 bits per heavy atom. The highest BCUT2D eigenvalue weighted by Crippen LogP contribution is 2.12. The molecule has 1 aromatic heterocycles. The molecule has 0 aliphatic carbocycles. The number of rotatable bonds is 6. The first-order chi connectivity index (χ1) is 9.74. The number of amides is 1. The van der Waals surface area contributed by atoms with Crippen LogP contribution in [-0.4, -0.2) is 28.9 Å². The Bertz CT molecular complexity index is 553. The van der Waals surface area contributed by atoms with Gasteiger partial charge in [0.15, 0.2) is 0 Å². The molecule has 106 valence electrons. The maximum absolute atomic E-state index is 12.4. The van der Waals surface area contributed by atoms with E-state index in [1.807, 2.05) is 30.0 Å². The van der Waals surface area contributed by atoms with Crippen molar-refractivity contribution < 1.29 is 4.79 Å². The van der Waals surface area contributed by atoms with E-state index >= 15 is 0 Å². The van der Waals surface area contributed by atoms with Crippen LogP contribution < -0.4 is 5.73 Å². The zero-order chi connectivity index (χ0) is 14.4. The van der Waals surface area contributed by atoms with E-state index in [1.54, 1.807) is 5.38 Å². The number of thiazole rings is 1. The molecule has 1 aromatic carbocycles. The van der Waals surface area contributed by atoms with E-state index in [0.717, 1.165) is 11.4 Å². The van der Waals surface area contributed by atoms with Crippen molar-refractivity contribution in [1.82, 2.24) is 9.88 Å². The molecule has 0 aliphatic rings. The Morgan fingerprint density at radius 2 is 2.10 bits per heavy atom. The van der Waals surface area contributed by atoms with E-state index in [2.05, 4.69) is 17.1 Å². The van der Waals surface area contributed by atoms with Crippen LogP contribution in [0.4, 0.5) is 0 Å². The number of hydrogen-bond acceptors (Lipinski definition) is 4. The summed E-state index contributed by atoms with van der Waals surface area (Å²) in [4.78, 5) is 18.4. The van der Waals surface area contributed by atoms with Gasteiger partial charge in [-0.3, -0.25) is 4.79 Å². The highest BCUT2D eigenvalue weighted by Gasteiger charge is 2.16. The molecule has 1 heterocycles. The maximum atomic E-state index is 12.4. The molecule has 1 amide bonds. The van der Waals surface area contributed by atoms with E-state index in [4.69, 9.17) is 5.73 Å². The predicted octanol–water partition coefficient (Wildman–Crippen LogP) is 2.31. The largest absolute Gasteiger partial charge is 0.337 e. The number of aromatic nitrogens is 1. The fourth-order valence-corrected chi connectivity index (χ4v) is 2.63. The maximum Gasteiger partial charge on any atom is 0.273 e. The van der Waals surface area contributed by atoms with E-state index in [0.29, 0.717) is 25.3 Å². The molecular formula is C15H19N3OS. The van der Waals surface area contributed by atoms with Crippen LogP contribution in [0.15, 0.2) is 35.7 Å². The quantitative estimate of drug-likeness (QED) is 0.887. The minimum atomic E-state index is -0.0145. The summed E-state index contributed by atoms with van der Waals surface area (Å²) in [6.45, 7) is 3.75. The van der Waals surface area contributed by atoms with Gasteiger partial charge < -0.3 is 10.6 Å². The summed E-state index contributed by atoms with van der Waals surface area (Å²) in [6, 6.07) is 10.2. The van der Waals surface area contributed by atoms with Gasteiger partial charge in [-0.2, -0.15) is 0 Å². The molecule has 0 bridgehead atoms. The zero-order valence-corrected chi connectivity index (χ0v) is 12.4. The van der Waals surface area contributed by atoms with Gasteiger partial charge in [0.25, 0.3) is 5.91 Å². The monoisotopic (exact) mass is 289 g/mol. The Hall–Kier alpha value is -1.72. The average molecular weight is 289 g/mol. The lowest BCUT2D eigenvalue weighted by Gasteiger charge is -2.19. The summed E-state index contributed by atoms with van der Waals surface area (Å²) < 4.78 is 0. The predicted molar refractivity (Wildman–Crippen MR) is 81.7 cm³/mol. The van der Waals surface area contributed by atoms with Gasteiger partial charge in [0, 0.05) is 25.0 Å². The highest BCUT2D eigenvalue weighted by molar-refractivity contribution is 7.09. The molecule has 0 unspecified atom stereocenters. The normalized spacial score (nSPS) is 10.5. The van der Waals surface area contributed by atoms with Crippen LogP contribution >= 0.6 is 11.3 Å². The van der Waals surface area contributed by atoms with Crippen molar-refractivity contribution in [3.8, 4) is 0 Å². The average Bonchev–Trinajstić information content (AvgIpc) is 2.97. The zero-order valence-electron chi connectivity index (χ0n) is 11.6. The molecule has 0 saturated heterocycles. The fraction of sp³-hybridized carbons (Fsp3) is 0.333. The SMILES string of the molecule is CCN(CCc1ccccc1)C(=O)c1csc(CN)n1. The van der Waals surface area contributed by atoms with E-state index in [9.17, 15) is 4.79 Å². The number of nitrogens with two attached hydrogens (primary N) is 1. The molecule has 0 spiro atoms. The lowest BCUT2D eigenvalue weighted by molar-refractivity contribution is 0.0761. The molecule has 2 aromatic rings. The minimum Gasteiger partial charge on any atom is -0.337 e. The van der Waals surface area contributed by atoms with Crippen molar-refractivity contribution in [2.24, 2.45) is 5.73 Å². The fourth-order valence-electron chi connectivity index (χ4n) is 1.98. The third-order valence-corrected chi connectivity index (χ3v) is 4.00. The molecule has 0 aliphatic heterocycles. The van der Waals surface area contributed by atoms with Crippen molar-refractivity contribution in [2.75, 3.05) is 13.1 Å². The third kappa shape index (κ3) is 3.65. The molecule has 2 N–H and O–H groups in total. The standard InChI is InChI=1S/C15H19N3OS/c1-2-18(9-8-12-6-4-3-5-7-12)15(19)13-11-20-14(10-16)17-13/h3-7,11H,2,8-10,16H2,1H3. The minimum absolute atomic E-state index is 0.0145. The van der Waals surface area contributed by atoms with Gasteiger partial charge in [0.05, 0.1) is 0 Å². The number of benzene rings is 1. The topological polar surface area (TPSA) is 59.2 Å². The van der Waals surface area contributed by atoms with Crippen LogP contribution in [0, 0.1) is 0 Å². The van der Waals surface area contributed by atoms with Crippen LogP contribution in [0.1, 0.15) is 28.0 Å². The van der Waals surface area contributed by atoms with E-state index in [1.165, 1.54) is 16.9 Å². The Morgan fingerprint density at radius 1 is 1.35 bits per heavy atom. The molecule has 5 heteroatoms. The van der Waals surface area contributed by atoms with E-state index in [-0.39, 0.29) is 5.91 Å². The summed E-state index contributed by atoms with van der Waals surface area (Å²) in [5.41, 5.74) is 7.27. The summed E-state index contributed by atoms with van der Waals surface area (Å²) >= 11 is 1.44. The van der Waals surface area contributed by atoms with Crippen molar-refractivity contribution in [3.05, 3.63) is 52.0 Å². The van der Waals surface area contributed by atoms with Crippen LogP contribution in [0.3, 0.4) is 0 Å². The molecule has 0 fully saturated rings.